The molecule has 1 aliphatic rings. The smallest absolute Gasteiger partial charge is 0.354 e. The van der Waals surface area contributed by atoms with Crippen molar-refractivity contribution in [3.8, 4) is 0 Å². The topological polar surface area (TPSA) is 55.0 Å². The number of nitrogens with zero attached hydrogens (tertiary/aromatic N) is 1. The third-order valence-corrected chi connectivity index (χ3v) is 3.82. The highest BCUT2D eigenvalue weighted by Gasteiger charge is 2.36. The minimum absolute atomic E-state index is 0.178. The minimum Gasteiger partial charge on any atom is -0.464 e. The summed E-state index contributed by atoms with van der Waals surface area (Å²) in [6.45, 7) is 1.79. The zero-order valence-corrected chi connectivity index (χ0v) is 11.2. The number of carbonyl (C=O) groups is 1. The lowest BCUT2D eigenvalue weighted by Gasteiger charge is -2.25. The van der Waals surface area contributed by atoms with Crippen LogP contribution < -0.4 is 0 Å². The quantitative estimate of drug-likeness (QED) is 0.817. The SMILES string of the molecule is COC(=O)c1cc2c(C)c3c(nc2[nH]1)CCC(F)(F)C3. The molecule has 2 heterocycles. The van der Waals surface area contributed by atoms with Gasteiger partial charge in [0.2, 0.25) is 0 Å². The molecule has 0 amide bonds. The summed E-state index contributed by atoms with van der Waals surface area (Å²) in [7, 11) is 1.29. The fraction of sp³-hybridized carbons (Fsp3) is 0.429. The fourth-order valence-corrected chi connectivity index (χ4v) is 2.71. The Labute approximate surface area is 114 Å². The molecule has 0 atom stereocenters. The second-order valence-electron chi connectivity index (χ2n) is 5.13. The first-order valence-corrected chi connectivity index (χ1v) is 6.38. The van der Waals surface area contributed by atoms with Crippen LogP contribution >= 0.6 is 0 Å². The molecular formula is C14H14F2N2O2. The van der Waals surface area contributed by atoms with Crippen molar-refractivity contribution in [1.82, 2.24) is 9.97 Å². The van der Waals surface area contributed by atoms with Crippen LogP contribution in [-0.4, -0.2) is 29.0 Å². The van der Waals surface area contributed by atoms with Crippen LogP contribution in [0.2, 0.25) is 0 Å². The van der Waals surface area contributed by atoms with E-state index in [4.69, 9.17) is 0 Å². The van der Waals surface area contributed by atoms with Gasteiger partial charge in [0, 0.05) is 23.9 Å². The van der Waals surface area contributed by atoms with Gasteiger partial charge in [0.1, 0.15) is 11.3 Å². The monoisotopic (exact) mass is 280 g/mol. The number of methoxy groups -OCH3 is 1. The van der Waals surface area contributed by atoms with Crippen LogP contribution in [0.4, 0.5) is 8.78 Å². The Kier molecular flexibility index (Phi) is 2.77. The summed E-state index contributed by atoms with van der Waals surface area (Å²) in [5.41, 5.74) is 2.89. The van der Waals surface area contributed by atoms with Crippen molar-refractivity contribution in [2.45, 2.75) is 32.1 Å². The van der Waals surface area contributed by atoms with Crippen molar-refractivity contribution in [3.63, 3.8) is 0 Å². The van der Waals surface area contributed by atoms with Gasteiger partial charge in [0.15, 0.2) is 0 Å². The van der Waals surface area contributed by atoms with Gasteiger partial charge in [-0.15, -0.1) is 0 Å². The van der Waals surface area contributed by atoms with Gasteiger partial charge in [-0.05, 0) is 30.5 Å². The molecule has 0 saturated heterocycles. The number of esters is 1. The first-order chi connectivity index (χ1) is 9.41. The Morgan fingerprint density at radius 2 is 2.25 bits per heavy atom. The number of hydrogen-bond acceptors (Lipinski definition) is 3. The van der Waals surface area contributed by atoms with Crippen molar-refractivity contribution in [2.24, 2.45) is 0 Å². The van der Waals surface area contributed by atoms with Crippen molar-refractivity contribution in [2.75, 3.05) is 7.11 Å². The summed E-state index contributed by atoms with van der Waals surface area (Å²) in [5.74, 6) is -3.17. The highest BCUT2D eigenvalue weighted by Crippen LogP contribution is 2.36. The van der Waals surface area contributed by atoms with Crippen LogP contribution in [0.5, 0.6) is 0 Å². The maximum atomic E-state index is 13.5. The highest BCUT2D eigenvalue weighted by molar-refractivity contribution is 5.95. The Balaban J connectivity index is 2.17. The normalized spacial score (nSPS) is 17.0. The van der Waals surface area contributed by atoms with Gasteiger partial charge in [0.05, 0.1) is 7.11 Å². The van der Waals surface area contributed by atoms with Gasteiger partial charge in [-0.3, -0.25) is 0 Å². The van der Waals surface area contributed by atoms with Crippen LogP contribution in [0.25, 0.3) is 11.0 Å². The van der Waals surface area contributed by atoms with E-state index in [0.717, 1.165) is 5.56 Å². The summed E-state index contributed by atoms with van der Waals surface area (Å²) in [5, 5.41) is 0.696. The van der Waals surface area contributed by atoms with Crippen LogP contribution in [0.3, 0.4) is 0 Å². The predicted octanol–water partition coefficient (Wildman–Crippen LogP) is 2.78. The largest absolute Gasteiger partial charge is 0.464 e. The predicted molar refractivity (Wildman–Crippen MR) is 69.1 cm³/mol. The number of rotatable bonds is 1. The lowest BCUT2D eigenvalue weighted by Crippen LogP contribution is -2.27. The Hall–Kier alpha value is -1.98. The number of aromatic nitrogens is 2. The lowest BCUT2D eigenvalue weighted by atomic mass is 9.89. The summed E-state index contributed by atoms with van der Waals surface area (Å²) in [6, 6.07) is 1.61. The van der Waals surface area contributed by atoms with E-state index in [0.29, 0.717) is 22.3 Å². The molecule has 0 aliphatic heterocycles. The number of alkyl halides is 2. The Morgan fingerprint density at radius 1 is 1.50 bits per heavy atom. The van der Waals surface area contributed by atoms with E-state index in [1.54, 1.807) is 13.0 Å². The first kappa shape index (κ1) is 13.0. The van der Waals surface area contributed by atoms with Gasteiger partial charge in [-0.25, -0.2) is 18.6 Å². The molecule has 0 unspecified atom stereocenters. The molecule has 0 fully saturated rings. The second-order valence-corrected chi connectivity index (χ2v) is 5.13. The molecule has 2 aromatic heterocycles. The number of nitrogens with one attached hydrogen (secondary N) is 1. The van der Waals surface area contributed by atoms with Crippen LogP contribution in [0, 0.1) is 6.92 Å². The number of halogens is 2. The summed E-state index contributed by atoms with van der Waals surface area (Å²) >= 11 is 0. The van der Waals surface area contributed by atoms with Crippen molar-refractivity contribution >= 4 is 17.0 Å². The molecular weight excluding hydrogens is 266 g/mol. The maximum absolute atomic E-state index is 13.5. The molecule has 0 aromatic carbocycles. The lowest BCUT2D eigenvalue weighted by molar-refractivity contribution is -0.0129. The molecule has 0 radical (unpaired) electrons. The Morgan fingerprint density at radius 3 is 2.95 bits per heavy atom. The zero-order chi connectivity index (χ0) is 14.5. The van der Waals surface area contributed by atoms with E-state index in [1.807, 2.05) is 0 Å². The zero-order valence-electron chi connectivity index (χ0n) is 11.2. The number of fused-ring (bicyclic) bond motifs is 2. The number of H-pyrrole nitrogens is 1. The van der Waals surface area contributed by atoms with Crippen LogP contribution in [0.15, 0.2) is 6.07 Å². The molecule has 4 nitrogen and oxygen atoms in total. The molecule has 20 heavy (non-hydrogen) atoms. The molecule has 6 heteroatoms. The van der Waals surface area contributed by atoms with E-state index in [-0.39, 0.29) is 25.0 Å². The molecule has 2 aromatic rings. The van der Waals surface area contributed by atoms with E-state index < -0.39 is 11.9 Å². The van der Waals surface area contributed by atoms with Crippen molar-refractivity contribution in [3.05, 3.63) is 28.6 Å². The number of aromatic amines is 1. The molecule has 0 bridgehead atoms. The average molecular weight is 280 g/mol. The van der Waals surface area contributed by atoms with Gasteiger partial charge in [-0.2, -0.15) is 0 Å². The minimum atomic E-state index is -2.67. The molecule has 0 spiro atoms. The van der Waals surface area contributed by atoms with Crippen LogP contribution in [-0.2, 0) is 17.6 Å². The van der Waals surface area contributed by atoms with Crippen LogP contribution in [0.1, 0.15) is 33.7 Å². The Bertz CT molecular complexity index is 707. The van der Waals surface area contributed by atoms with Gasteiger partial charge in [-0.1, -0.05) is 0 Å². The number of hydrogen-bond donors (Lipinski definition) is 1. The molecule has 3 rings (SSSR count). The maximum Gasteiger partial charge on any atom is 0.354 e. The fourth-order valence-electron chi connectivity index (χ4n) is 2.71. The van der Waals surface area contributed by atoms with E-state index in [9.17, 15) is 13.6 Å². The molecule has 1 N–H and O–H groups in total. The number of carbonyl (C=O) groups excluding carboxylic acids is 1. The summed E-state index contributed by atoms with van der Waals surface area (Å²) < 4.78 is 31.7. The summed E-state index contributed by atoms with van der Waals surface area (Å²) in [4.78, 5) is 18.8. The highest BCUT2D eigenvalue weighted by atomic mass is 19.3. The van der Waals surface area contributed by atoms with Crippen molar-refractivity contribution < 1.29 is 18.3 Å². The second kappa shape index (κ2) is 4.26. The first-order valence-electron chi connectivity index (χ1n) is 6.38. The number of aryl methyl sites for hydroxylation is 2. The molecule has 1 aliphatic carbocycles. The van der Waals surface area contributed by atoms with E-state index in [2.05, 4.69) is 14.7 Å². The third-order valence-electron chi connectivity index (χ3n) is 3.82. The van der Waals surface area contributed by atoms with Gasteiger partial charge < -0.3 is 9.72 Å². The van der Waals surface area contributed by atoms with Gasteiger partial charge >= 0.3 is 5.97 Å². The molecule has 106 valence electrons. The number of pyridine rings is 1. The standard InChI is InChI=1S/C14H14F2N2O2/c1-7-8-5-11(13(19)20-2)18-12(8)17-10-3-4-14(15,16)6-9(7)10/h5H,3-4,6H2,1-2H3,(H,17,18). The average Bonchev–Trinajstić information content (AvgIpc) is 2.83. The summed E-state index contributed by atoms with van der Waals surface area (Å²) in [6.07, 6.45) is -0.204. The van der Waals surface area contributed by atoms with Crippen molar-refractivity contribution in [1.29, 1.82) is 0 Å². The third kappa shape index (κ3) is 1.95. The number of ether oxygens (including phenoxy) is 1. The molecule has 0 saturated carbocycles. The van der Waals surface area contributed by atoms with E-state index in [1.165, 1.54) is 7.11 Å². The van der Waals surface area contributed by atoms with E-state index >= 15 is 0 Å². The van der Waals surface area contributed by atoms with Gasteiger partial charge in [0.25, 0.3) is 5.92 Å².